The molecule has 1 N–H and O–H groups in total. The van der Waals surface area contributed by atoms with Crippen molar-refractivity contribution < 1.29 is 9.53 Å². The van der Waals surface area contributed by atoms with Crippen LogP contribution >= 0.6 is 15.9 Å². The monoisotopic (exact) mass is 307 g/mol. The van der Waals surface area contributed by atoms with Crippen LogP contribution in [0.4, 0.5) is 5.69 Å². The first kappa shape index (κ1) is 13.1. The van der Waals surface area contributed by atoms with E-state index in [-0.39, 0.29) is 5.91 Å². The lowest BCUT2D eigenvalue weighted by Crippen LogP contribution is -2.13. The van der Waals surface area contributed by atoms with Crippen molar-refractivity contribution in [1.29, 1.82) is 0 Å². The second-order valence-electron chi connectivity index (χ2n) is 4.00. The Hall–Kier alpha value is -1.39. The van der Waals surface area contributed by atoms with E-state index in [0.29, 0.717) is 13.0 Å². The van der Waals surface area contributed by atoms with Gasteiger partial charge in [0.05, 0.1) is 13.0 Å². The molecule has 94 valence electrons. The highest BCUT2D eigenvalue weighted by Crippen LogP contribution is 2.22. The van der Waals surface area contributed by atoms with Gasteiger partial charge in [-0.25, -0.2) is 0 Å². The molecule has 0 atom stereocenters. The summed E-state index contributed by atoms with van der Waals surface area (Å²) in [5, 5.41) is 5.09. The van der Waals surface area contributed by atoms with Crippen molar-refractivity contribution in [3.63, 3.8) is 0 Å². The zero-order chi connectivity index (χ0) is 13.0. The fourth-order valence-corrected chi connectivity index (χ4v) is 2.09. The first-order valence-electron chi connectivity index (χ1n) is 5.67. The van der Waals surface area contributed by atoms with Gasteiger partial charge in [-0.1, -0.05) is 28.1 Å². The summed E-state index contributed by atoms with van der Waals surface area (Å²) in [6, 6.07) is 11.9. The van der Waals surface area contributed by atoms with Crippen LogP contribution in [0, 0.1) is 0 Å². The number of ether oxygens (including phenoxy) is 1. The zero-order valence-corrected chi connectivity index (χ0v) is 11.7. The minimum absolute atomic E-state index is 0.0340. The summed E-state index contributed by atoms with van der Waals surface area (Å²) in [4.78, 5) is 11.6. The van der Waals surface area contributed by atoms with Gasteiger partial charge < -0.3 is 10.1 Å². The number of nitrogens with one attached hydrogen (secondary N) is 1. The van der Waals surface area contributed by atoms with Gasteiger partial charge in [0.2, 0.25) is 5.91 Å². The quantitative estimate of drug-likeness (QED) is 0.937. The molecule has 0 spiro atoms. The van der Waals surface area contributed by atoms with Gasteiger partial charge in [-0.3, -0.25) is 4.79 Å². The molecular formula is C14H14BrNO2. The first-order valence-corrected chi connectivity index (χ1v) is 6.46. The third-order valence-corrected chi connectivity index (χ3v) is 3.11. The van der Waals surface area contributed by atoms with Crippen LogP contribution in [0.2, 0.25) is 0 Å². The summed E-state index contributed by atoms with van der Waals surface area (Å²) >= 11 is 3.44. The number of halogens is 1. The number of rotatable bonds is 4. The van der Waals surface area contributed by atoms with Gasteiger partial charge in [0, 0.05) is 17.3 Å². The molecule has 2 aromatic rings. The topological polar surface area (TPSA) is 38.3 Å². The van der Waals surface area contributed by atoms with E-state index in [0.717, 1.165) is 20.9 Å². The van der Waals surface area contributed by atoms with Gasteiger partial charge in [-0.05, 0) is 35.0 Å². The predicted molar refractivity (Wildman–Crippen MR) is 76.8 cm³/mol. The van der Waals surface area contributed by atoms with Crippen LogP contribution in [0.5, 0.6) is 0 Å². The predicted octanol–water partition coefficient (Wildman–Crippen LogP) is 3.58. The Morgan fingerprint density at radius 2 is 1.94 bits per heavy atom. The number of benzene rings is 2. The van der Waals surface area contributed by atoms with Gasteiger partial charge in [0.25, 0.3) is 0 Å². The SMILES string of the molecule is COCCC(=O)Nc1ccc2cc(Br)ccc2c1. The van der Waals surface area contributed by atoms with Crippen molar-refractivity contribution in [3.05, 3.63) is 40.9 Å². The van der Waals surface area contributed by atoms with Crippen molar-refractivity contribution in [2.45, 2.75) is 6.42 Å². The van der Waals surface area contributed by atoms with E-state index in [1.165, 1.54) is 0 Å². The van der Waals surface area contributed by atoms with Crippen molar-refractivity contribution in [2.75, 3.05) is 19.0 Å². The normalized spacial score (nSPS) is 10.6. The molecule has 2 aromatic carbocycles. The van der Waals surface area contributed by atoms with Gasteiger partial charge in [-0.15, -0.1) is 0 Å². The molecule has 0 aliphatic rings. The van der Waals surface area contributed by atoms with E-state index in [2.05, 4.69) is 21.2 Å². The molecule has 0 bridgehead atoms. The molecule has 0 fully saturated rings. The molecule has 18 heavy (non-hydrogen) atoms. The Morgan fingerprint density at radius 1 is 1.22 bits per heavy atom. The summed E-state index contributed by atoms with van der Waals surface area (Å²) in [5.74, 6) is -0.0340. The second kappa shape index (κ2) is 5.98. The molecule has 4 heteroatoms. The molecule has 0 aliphatic heterocycles. The van der Waals surface area contributed by atoms with Crippen LogP contribution in [-0.2, 0) is 9.53 Å². The highest BCUT2D eigenvalue weighted by atomic mass is 79.9. The van der Waals surface area contributed by atoms with E-state index >= 15 is 0 Å². The average Bonchev–Trinajstić information content (AvgIpc) is 2.36. The Kier molecular flexibility index (Phi) is 4.33. The standard InChI is InChI=1S/C14H14BrNO2/c1-18-7-6-14(17)16-13-5-3-10-8-12(15)4-2-11(10)9-13/h2-5,8-9H,6-7H2,1H3,(H,16,17). The largest absolute Gasteiger partial charge is 0.384 e. The number of hydrogen-bond acceptors (Lipinski definition) is 2. The van der Waals surface area contributed by atoms with Crippen molar-refractivity contribution in [3.8, 4) is 0 Å². The molecule has 0 aliphatic carbocycles. The summed E-state index contributed by atoms with van der Waals surface area (Å²) < 4.78 is 5.92. The van der Waals surface area contributed by atoms with Crippen LogP contribution < -0.4 is 5.32 Å². The zero-order valence-electron chi connectivity index (χ0n) is 10.1. The van der Waals surface area contributed by atoms with Crippen LogP contribution in [0.1, 0.15) is 6.42 Å². The number of hydrogen-bond donors (Lipinski definition) is 1. The molecule has 0 saturated heterocycles. The fraction of sp³-hybridized carbons (Fsp3) is 0.214. The van der Waals surface area contributed by atoms with Gasteiger partial charge in [-0.2, -0.15) is 0 Å². The lowest BCUT2D eigenvalue weighted by atomic mass is 10.1. The lowest BCUT2D eigenvalue weighted by Gasteiger charge is -2.06. The third kappa shape index (κ3) is 3.31. The maximum absolute atomic E-state index is 11.6. The highest BCUT2D eigenvalue weighted by molar-refractivity contribution is 9.10. The van der Waals surface area contributed by atoms with Gasteiger partial charge in [0.15, 0.2) is 0 Å². The number of carbonyl (C=O) groups excluding carboxylic acids is 1. The number of anilines is 1. The number of fused-ring (bicyclic) bond motifs is 1. The van der Waals surface area contributed by atoms with Crippen LogP contribution in [0.25, 0.3) is 10.8 Å². The smallest absolute Gasteiger partial charge is 0.226 e. The molecule has 1 amide bonds. The van der Waals surface area contributed by atoms with Crippen LogP contribution in [0.15, 0.2) is 40.9 Å². The molecule has 0 heterocycles. The molecule has 0 radical (unpaired) electrons. The Balaban J connectivity index is 2.15. The fourth-order valence-electron chi connectivity index (χ4n) is 1.71. The molecule has 0 aromatic heterocycles. The number of amides is 1. The lowest BCUT2D eigenvalue weighted by molar-refractivity contribution is -0.117. The highest BCUT2D eigenvalue weighted by Gasteiger charge is 2.03. The summed E-state index contributed by atoms with van der Waals surface area (Å²) in [5.41, 5.74) is 0.811. The first-order chi connectivity index (χ1) is 8.69. The maximum atomic E-state index is 11.6. The van der Waals surface area contributed by atoms with E-state index in [4.69, 9.17) is 4.74 Å². The Labute approximate surface area is 114 Å². The number of methoxy groups -OCH3 is 1. The van der Waals surface area contributed by atoms with E-state index in [9.17, 15) is 4.79 Å². The maximum Gasteiger partial charge on any atom is 0.226 e. The molecule has 0 unspecified atom stereocenters. The summed E-state index contributed by atoms with van der Waals surface area (Å²) in [6.07, 6.45) is 0.370. The van der Waals surface area contributed by atoms with Crippen molar-refractivity contribution >= 4 is 38.3 Å². The van der Waals surface area contributed by atoms with Crippen molar-refractivity contribution in [1.82, 2.24) is 0 Å². The minimum atomic E-state index is -0.0340. The van der Waals surface area contributed by atoms with Gasteiger partial charge in [0.1, 0.15) is 0 Å². The molecule has 3 nitrogen and oxygen atoms in total. The van der Waals surface area contributed by atoms with Crippen LogP contribution in [-0.4, -0.2) is 19.6 Å². The Morgan fingerprint density at radius 3 is 2.72 bits per heavy atom. The van der Waals surface area contributed by atoms with E-state index < -0.39 is 0 Å². The minimum Gasteiger partial charge on any atom is -0.384 e. The van der Waals surface area contributed by atoms with E-state index in [1.807, 2.05) is 36.4 Å². The van der Waals surface area contributed by atoms with Gasteiger partial charge >= 0.3 is 0 Å². The summed E-state index contributed by atoms with van der Waals surface area (Å²) in [6.45, 7) is 0.437. The average molecular weight is 308 g/mol. The van der Waals surface area contributed by atoms with Crippen LogP contribution in [0.3, 0.4) is 0 Å². The Bertz CT molecular complexity index is 569. The third-order valence-electron chi connectivity index (χ3n) is 2.62. The molecule has 2 rings (SSSR count). The molecular weight excluding hydrogens is 294 g/mol. The van der Waals surface area contributed by atoms with E-state index in [1.54, 1.807) is 7.11 Å². The second-order valence-corrected chi connectivity index (χ2v) is 4.91. The number of carbonyl (C=O) groups is 1. The van der Waals surface area contributed by atoms with Crippen molar-refractivity contribution in [2.24, 2.45) is 0 Å². The molecule has 0 saturated carbocycles. The summed E-state index contributed by atoms with van der Waals surface area (Å²) in [7, 11) is 1.58.